The first kappa shape index (κ1) is 20.7. The van der Waals surface area contributed by atoms with E-state index in [0.29, 0.717) is 22.7 Å². The monoisotopic (exact) mass is 407 g/mol. The van der Waals surface area contributed by atoms with Gasteiger partial charge in [0, 0.05) is 28.3 Å². The predicted molar refractivity (Wildman–Crippen MR) is 108 cm³/mol. The van der Waals surface area contributed by atoms with E-state index in [1.807, 2.05) is 6.92 Å². The molecule has 0 aliphatic rings. The number of benzene rings is 2. The number of nitrogens with one attached hydrogen (secondary N) is 2. The Morgan fingerprint density at radius 2 is 1.89 bits per heavy atom. The van der Waals surface area contributed by atoms with Crippen molar-refractivity contribution in [3.63, 3.8) is 0 Å². The molecule has 0 fully saturated rings. The molecule has 0 aromatic heterocycles. The summed E-state index contributed by atoms with van der Waals surface area (Å²) in [6.07, 6.45) is 3.49. The number of anilines is 1. The van der Waals surface area contributed by atoms with Crippen LogP contribution in [0.25, 0.3) is 0 Å². The number of nitrogens with zero attached hydrogens (tertiary/aromatic N) is 1. The lowest BCUT2D eigenvalue weighted by molar-refractivity contribution is -0.116. The van der Waals surface area contributed by atoms with Crippen LogP contribution in [0.1, 0.15) is 42.1 Å². The number of unbranched alkanes of at least 4 members (excludes halogenated alkanes) is 1. The van der Waals surface area contributed by atoms with Crippen molar-refractivity contribution in [3.8, 4) is 5.75 Å². The van der Waals surface area contributed by atoms with Gasteiger partial charge in [0.15, 0.2) is 0 Å². The molecule has 0 spiro atoms. The fraction of sp³-hybridized carbons (Fsp3) is 0.211. The van der Waals surface area contributed by atoms with Gasteiger partial charge in [-0.05, 0) is 42.8 Å². The SMILES string of the molecule is CCCCC(=O)Nc1ccc(C(=O)N/N=C/c2cc(Cl)cc(Cl)c2O)cc1. The highest BCUT2D eigenvalue weighted by molar-refractivity contribution is 6.36. The minimum absolute atomic E-state index is 0.0568. The highest BCUT2D eigenvalue weighted by Gasteiger charge is 2.08. The van der Waals surface area contributed by atoms with Crippen LogP contribution in [0.5, 0.6) is 5.75 Å². The molecular weight excluding hydrogens is 389 g/mol. The number of aromatic hydroxyl groups is 1. The zero-order valence-electron chi connectivity index (χ0n) is 14.6. The van der Waals surface area contributed by atoms with Crippen LogP contribution in [0.2, 0.25) is 10.0 Å². The molecule has 0 atom stereocenters. The van der Waals surface area contributed by atoms with E-state index in [2.05, 4.69) is 15.8 Å². The lowest BCUT2D eigenvalue weighted by Gasteiger charge is -2.06. The standard InChI is InChI=1S/C19H19Cl2N3O3/c1-2-3-4-17(25)23-15-7-5-12(6-8-15)19(27)24-22-11-13-9-14(20)10-16(21)18(13)26/h5-11,26H,2-4H2,1H3,(H,23,25)(H,24,27)/b22-11+. The third kappa shape index (κ3) is 6.27. The number of hydrazone groups is 1. The molecule has 2 aromatic carbocycles. The second kappa shape index (κ2) is 9.94. The zero-order valence-corrected chi connectivity index (χ0v) is 16.1. The van der Waals surface area contributed by atoms with Gasteiger partial charge in [0.2, 0.25) is 5.91 Å². The minimum Gasteiger partial charge on any atom is -0.506 e. The van der Waals surface area contributed by atoms with Crippen molar-refractivity contribution in [1.82, 2.24) is 5.43 Å². The molecule has 0 aliphatic heterocycles. The van der Waals surface area contributed by atoms with Gasteiger partial charge in [-0.25, -0.2) is 5.43 Å². The van der Waals surface area contributed by atoms with E-state index in [1.54, 1.807) is 24.3 Å². The molecule has 0 radical (unpaired) electrons. The minimum atomic E-state index is -0.442. The third-order valence-electron chi connectivity index (χ3n) is 3.62. The van der Waals surface area contributed by atoms with Gasteiger partial charge < -0.3 is 10.4 Å². The van der Waals surface area contributed by atoms with Crippen LogP contribution in [0.3, 0.4) is 0 Å². The summed E-state index contributed by atoms with van der Waals surface area (Å²) in [5, 5.41) is 16.8. The van der Waals surface area contributed by atoms with Crippen LogP contribution in [0, 0.1) is 0 Å². The smallest absolute Gasteiger partial charge is 0.271 e. The summed E-state index contributed by atoms with van der Waals surface area (Å²) in [5.74, 6) is -0.677. The molecule has 3 N–H and O–H groups in total. The summed E-state index contributed by atoms with van der Waals surface area (Å²) in [7, 11) is 0. The number of halogens is 2. The second-order valence-corrected chi connectivity index (χ2v) is 6.60. The highest BCUT2D eigenvalue weighted by atomic mass is 35.5. The van der Waals surface area contributed by atoms with Gasteiger partial charge in [-0.3, -0.25) is 9.59 Å². The summed E-state index contributed by atoms with van der Waals surface area (Å²) in [6.45, 7) is 2.02. The summed E-state index contributed by atoms with van der Waals surface area (Å²) >= 11 is 11.7. The molecule has 142 valence electrons. The van der Waals surface area contributed by atoms with E-state index in [9.17, 15) is 14.7 Å². The molecule has 0 aliphatic carbocycles. The molecule has 8 heteroatoms. The fourth-order valence-electron chi connectivity index (χ4n) is 2.18. The van der Waals surface area contributed by atoms with E-state index in [-0.39, 0.29) is 22.2 Å². The predicted octanol–water partition coefficient (Wildman–Crippen LogP) is 4.59. The van der Waals surface area contributed by atoms with Crippen molar-refractivity contribution in [3.05, 3.63) is 57.6 Å². The summed E-state index contributed by atoms with van der Waals surface area (Å²) in [6, 6.07) is 9.31. The molecule has 6 nitrogen and oxygen atoms in total. The maximum Gasteiger partial charge on any atom is 0.271 e. The average Bonchev–Trinajstić information content (AvgIpc) is 2.64. The molecular formula is C19H19Cl2N3O3. The Hall–Kier alpha value is -2.57. The van der Waals surface area contributed by atoms with Crippen molar-refractivity contribution in [2.45, 2.75) is 26.2 Å². The molecule has 0 heterocycles. The van der Waals surface area contributed by atoms with Crippen LogP contribution in [-0.4, -0.2) is 23.1 Å². The highest BCUT2D eigenvalue weighted by Crippen LogP contribution is 2.29. The van der Waals surface area contributed by atoms with Crippen LogP contribution in [-0.2, 0) is 4.79 Å². The first-order valence-corrected chi connectivity index (χ1v) is 9.07. The van der Waals surface area contributed by atoms with Gasteiger partial charge in [-0.2, -0.15) is 5.10 Å². The van der Waals surface area contributed by atoms with E-state index >= 15 is 0 Å². The van der Waals surface area contributed by atoms with Gasteiger partial charge >= 0.3 is 0 Å². The Labute approximate surface area is 167 Å². The van der Waals surface area contributed by atoms with Crippen molar-refractivity contribution < 1.29 is 14.7 Å². The number of carbonyl (C=O) groups excluding carboxylic acids is 2. The summed E-state index contributed by atoms with van der Waals surface area (Å²) < 4.78 is 0. The number of hydrogen-bond acceptors (Lipinski definition) is 4. The second-order valence-electron chi connectivity index (χ2n) is 5.75. The van der Waals surface area contributed by atoms with E-state index in [0.717, 1.165) is 12.8 Å². The molecule has 0 bridgehead atoms. The molecule has 2 rings (SSSR count). The molecule has 0 unspecified atom stereocenters. The summed E-state index contributed by atoms with van der Waals surface area (Å²) in [4.78, 5) is 23.8. The largest absolute Gasteiger partial charge is 0.506 e. The van der Waals surface area contributed by atoms with Crippen LogP contribution >= 0.6 is 23.2 Å². The van der Waals surface area contributed by atoms with Crippen LogP contribution < -0.4 is 10.7 Å². The first-order valence-electron chi connectivity index (χ1n) is 8.32. The number of rotatable bonds is 7. The first-order chi connectivity index (χ1) is 12.9. The number of phenolic OH excluding ortho intramolecular Hbond substituents is 1. The van der Waals surface area contributed by atoms with Gasteiger partial charge in [0.1, 0.15) is 5.75 Å². The summed E-state index contributed by atoms with van der Waals surface area (Å²) in [5.41, 5.74) is 3.61. The Morgan fingerprint density at radius 3 is 2.56 bits per heavy atom. The molecule has 27 heavy (non-hydrogen) atoms. The number of hydrogen-bond donors (Lipinski definition) is 3. The molecule has 2 aromatic rings. The average molecular weight is 408 g/mol. The maximum absolute atomic E-state index is 12.1. The van der Waals surface area contributed by atoms with Crippen molar-refractivity contribution >= 4 is 46.9 Å². The maximum atomic E-state index is 12.1. The Balaban J connectivity index is 1.95. The fourth-order valence-corrected chi connectivity index (χ4v) is 2.68. The lowest BCUT2D eigenvalue weighted by Crippen LogP contribution is -2.17. The quantitative estimate of drug-likeness (QED) is 0.462. The number of carbonyl (C=O) groups is 2. The van der Waals surface area contributed by atoms with E-state index in [4.69, 9.17) is 23.2 Å². The topological polar surface area (TPSA) is 90.8 Å². The Morgan fingerprint density at radius 1 is 1.19 bits per heavy atom. The Bertz CT molecular complexity index is 852. The number of phenols is 1. The zero-order chi connectivity index (χ0) is 19.8. The molecule has 0 saturated heterocycles. The van der Waals surface area contributed by atoms with Gasteiger partial charge in [0.25, 0.3) is 5.91 Å². The van der Waals surface area contributed by atoms with Gasteiger partial charge in [0.05, 0.1) is 11.2 Å². The van der Waals surface area contributed by atoms with Crippen LogP contribution in [0.4, 0.5) is 5.69 Å². The van der Waals surface area contributed by atoms with Gasteiger partial charge in [-0.1, -0.05) is 36.5 Å². The van der Waals surface area contributed by atoms with Crippen molar-refractivity contribution in [2.75, 3.05) is 5.32 Å². The van der Waals surface area contributed by atoms with Crippen molar-refractivity contribution in [2.24, 2.45) is 5.10 Å². The molecule has 0 saturated carbocycles. The lowest BCUT2D eigenvalue weighted by atomic mass is 10.2. The van der Waals surface area contributed by atoms with Gasteiger partial charge in [-0.15, -0.1) is 0 Å². The molecule has 2 amide bonds. The normalized spacial score (nSPS) is 10.8. The van der Waals surface area contributed by atoms with Crippen molar-refractivity contribution in [1.29, 1.82) is 0 Å². The Kier molecular flexibility index (Phi) is 7.64. The van der Waals surface area contributed by atoms with E-state index < -0.39 is 5.91 Å². The third-order valence-corrected chi connectivity index (χ3v) is 4.12. The van der Waals surface area contributed by atoms with Crippen LogP contribution in [0.15, 0.2) is 41.5 Å². The number of amides is 2. The van der Waals surface area contributed by atoms with E-state index in [1.165, 1.54) is 18.3 Å².